The van der Waals surface area contributed by atoms with Crippen molar-refractivity contribution in [2.45, 2.75) is 18.6 Å². The number of benzene rings is 1. The van der Waals surface area contributed by atoms with Crippen molar-refractivity contribution in [2.24, 2.45) is 0 Å². The summed E-state index contributed by atoms with van der Waals surface area (Å²) in [6.45, 7) is 0. The molecule has 0 aliphatic heterocycles. The minimum absolute atomic E-state index is 0.243. The molecule has 0 aromatic heterocycles. The Bertz CT molecular complexity index is 390. The van der Waals surface area contributed by atoms with Gasteiger partial charge in [-0.1, -0.05) is 12.1 Å². The lowest BCUT2D eigenvalue weighted by Crippen LogP contribution is -2.16. The Hall–Kier alpha value is -1.47. The number of nitrogens with one attached hydrogen (secondary N) is 1. The van der Waals surface area contributed by atoms with E-state index in [2.05, 4.69) is 11.2 Å². The molecule has 1 N–H and O–H groups in total. The third kappa shape index (κ3) is 3.01. The van der Waals surface area contributed by atoms with Crippen LogP contribution in [0.25, 0.3) is 0 Å². The predicted octanol–water partition coefficient (Wildman–Crippen LogP) is 2.99. The molecule has 86 valence electrons. The molecule has 0 bridgehead atoms. The molecule has 1 unspecified atom stereocenters. The predicted molar refractivity (Wildman–Crippen MR) is 56.7 cm³/mol. The van der Waals surface area contributed by atoms with Gasteiger partial charge in [0, 0.05) is 12.5 Å². The van der Waals surface area contributed by atoms with Gasteiger partial charge in [-0.25, -0.2) is 0 Å². The molecule has 1 aromatic rings. The van der Waals surface area contributed by atoms with Crippen LogP contribution in [0.4, 0.5) is 13.2 Å². The van der Waals surface area contributed by atoms with Crippen molar-refractivity contribution in [3.63, 3.8) is 0 Å². The molecule has 16 heavy (non-hydrogen) atoms. The van der Waals surface area contributed by atoms with Gasteiger partial charge in [0.25, 0.3) is 0 Å². The smallest absolute Gasteiger partial charge is 0.312 e. The van der Waals surface area contributed by atoms with Gasteiger partial charge in [0.05, 0.1) is 5.56 Å². The maximum Gasteiger partial charge on any atom is 0.416 e. The molecule has 0 heterocycles. The van der Waals surface area contributed by atoms with Crippen molar-refractivity contribution in [3.8, 4) is 12.3 Å². The molecule has 0 spiro atoms. The van der Waals surface area contributed by atoms with E-state index in [1.807, 2.05) is 0 Å². The van der Waals surface area contributed by atoms with Crippen LogP contribution in [0.5, 0.6) is 0 Å². The van der Waals surface area contributed by atoms with Gasteiger partial charge in [0.15, 0.2) is 0 Å². The zero-order valence-electron chi connectivity index (χ0n) is 8.81. The third-order valence-corrected chi connectivity index (χ3v) is 2.29. The van der Waals surface area contributed by atoms with Gasteiger partial charge >= 0.3 is 6.18 Å². The van der Waals surface area contributed by atoms with Crippen molar-refractivity contribution in [1.29, 1.82) is 0 Å². The highest BCUT2D eigenvalue weighted by Crippen LogP contribution is 2.31. The molecule has 0 radical (unpaired) electrons. The van der Waals surface area contributed by atoms with Crippen LogP contribution in [-0.2, 0) is 6.18 Å². The molecule has 0 saturated heterocycles. The Morgan fingerprint density at radius 2 is 2.12 bits per heavy atom. The van der Waals surface area contributed by atoms with Crippen molar-refractivity contribution in [1.82, 2.24) is 5.32 Å². The lowest BCUT2D eigenvalue weighted by molar-refractivity contribution is -0.137. The molecule has 4 heteroatoms. The minimum atomic E-state index is -4.32. The van der Waals surface area contributed by atoms with Crippen molar-refractivity contribution >= 4 is 0 Å². The summed E-state index contributed by atoms with van der Waals surface area (Å²) < 4.78 is 37.4. The topological polar surface area (TPSA) is 12.0 Å². The highest BCUT2D eigenvalue weighted by atomic mass is 19.4. The second-order valence-corrected chi connectivity index (χ2v) is 3.37. The summed E-state index contributed by atoms with van der Waals surface area (Å²) in [6.07, 6.45) is 1.20. The van der Waals surface area contributed by atoms with Gasteiger partial charge in [0.1, 0.15) is 0 Å². The van der Waals surface area contributed by atoms with Crippen LogP contribution in [-0.4, -0.2) is 7.05 Å². The highest BCUT2D eigenvalue weighted by molar-refractivity contribution is 5.28. The molecular formula is C12H12F3N. The molecule has 1 atom stereocenters. The zero-order chi connectivity index (χ0) is 12.2. The Kier molecular flexibility index (Phi) is 3.97. The fraction of sp³-hybridized carbons (Fsp3) is 0.333. The van der Waals surface area contributed by atoms with Crippen molar-refractivity contribution in [2.75, 3.05) is 7.05 Å². The lowest BCUT2D eigenvalue weighted by Gasteiger charge is -2.15. The van der Waals surface area contributed by atoms with Gasteiger partial charge in [-0.05, 0) is 24.7 Å². The van der Waals surface area contributed by atoms with E-state index in [0.29, 0.717) is 12.0 Å². The fourth-order valence-electron chi connectivity index (χ4n) is 1.44. The average Bonchev–Trinajstić information content (AvgIpc) is 2.25. The SMILES string of the molecule is C#CCC(NC)c1cccc(C(F)(F)F)c1. The number of hydrogen-bond donors (Lipinski definition) is 1. The van der Waals surface area contributed by atoms with E-state index in [4.69, 9.17) is 6.42 Å². The summed E-state index contributed by atoms with van der Waals surface area (Å²) in [5.74, 6) is 2.43. The molecule has 1 rings (SSSR count). The molecular weight excluding hydrogens is 215 g/mol. The molecule has 0 aliphatic rings. The number of alkyl halides is 3. The maximum absolute atomic E-state index is 12.5. The Morgan fingerprint density at radius 3 is 2.62 bits per heavy atom. The van der Waals surface area contributed by atoms with Crippen LogP contribution in [0.1, 0.15) is 23.6 Å². The molecule has 0 saturated carbocycles. The Balaban J connectivity index is 3.02. The zero-order valence-corrected chi connectivity index (χ0v) is 8.81. The highest BCUT2D eigenvalue weighted by Gasteiger charge is 2.30. The normalized spacial score (nSPS) is 13.2. The van der Waals surface area contributed by atoms with Crippen LogP contribution in [0.2, 0.25) is 0 Å². The first-order valence-electron chi connectivity index (χ1n) is 4.77. The number of hydrogen-bond acceptors (Lipinski definition) is 1. The monoisotopic (exact) mass is 227 g/mol. The van der Waals surface area contributed by atoms with E-state index in [-0.39, 0.29) is 6.04 Å². The van der Waals surface area contributed by atoms with Crippen LogP contribution in [0.3, 0.4) is 0 Å². The lowest BCUT2D eigenvalue weighted by atomic mass is 10.0. The first-order valence-corrected chi connectivity index (χ1v) is 4.77. The van der Waals surface area contributed by atoms with Crippen LogP contribution >= 0.6 is 0 Å². The number of halogens is 3. The molecule has 0 fully saturated rings. The van der Waals surface area contributed by atoms with E-state index in [1.54, 1.807) is 13.1 Å². The van der Waals surface area contributed by atoms with Gasteiger partial charge in [0.2, 0.25) is 0 Å². The van der Waals surface area contributed by atoms with E-state index >= 15 is 0 Å². The van der Waals surface area contributed by atoms with Crippen molar-refractivity contribution < 1.29 is 13.2 Å². The summed E-state index contributed by atoms with van der Waals surface area (Å²) in [5, 5.41) is 2.89. The van der Waals surface area contributed by atoms with E-state index in [1.165, 1.54) is 6.07 Å². The van der Waals surface area contributed by atoms with Crippen molar-refractivity contribution in [3.05, 3.63) is 35.4 Å². The third-order valence-electron chi connectivity index (χ3n) is 2.29. The van der Waals surface area contributed by atoms with Gasteiger partial charge in [-0.3, -0.25) is 0 Å². The van der Waals surface area contributed by atoms with Gasteiger partial charge in [-0.15, -0.1) is 12.3 Å². The second kappa shape index (κ2) is 5.04. The van der Waals surface area contributed by atoms with Gasteiger partial charge < -0.3 is 5.32 Å². The van der Waals surface area contributed by atoms with Gasteiger partial charge in [-0.2, -0.15) is 13.2 Å². The Morgan fingerprint density at radius 1 is 1.44 bits per heavy atom. The summed E-state index contributed by atoms with van der Waals surface area (Å²) in [7, 11) is 1.67. The average molecular weight is 227 g/mol. The van der Waals surface area contributed by atoms with E-state index < -0.39 is 11.7 Å². The summed E-state index contributed by atoms with van der Waals surface area (Å²) in [5.41, 5.74) is -0.0995. The largest absolute Gasteiger partial charge is 0.416 e. The Labute approximate surface area is 92.7 Å². The number of rotatable bonds is 3. The summed E-state index contributed by atoms with van der Waals surface area (Å²) in [4.78, 5) is 0. The molecule has 1 aromatic carbocycles. The first kappa shape index (κ1) is 12.6. The molecule has 0 aliphatic carbocycles. The minimum Gasteiger partial charge on any atom is -0.312 e. The number of terminal acetylenes is 1. The maximum atomic E-state index is 12.5. The summed E-state index contributed by atoms with van der Waals surface area (Å²) >= 11 is 0. The first-order chi connectivity index (χ1) is 7.49. The van der Waals surface area contributed by atoms with E-state index in [9.17, 15) is 13.2 Å². The standard InChI is InChI=1S/C12H12F3N/c1-3-5-11(16-2)9-6-4-7-10(8-9)12(13,14)15/h1,4,6-8,11,16H,5H2,2H3. The van der Waals surface area contributed by atoms with Crippen LogP contribution in [0, 0.1) is 12.3 Å². The second-order valence-electron chi connectivity index (χ2n) is 3.37. The van der Waals surface area contributed by atoms with Crippen LogP contribution < -0.4 is 5.32 Å². The van der Waals surface area contributed by atoms with Crippen LogP contribution in [0.15, 0.2) is 24.3 Å². The molecule has 1 nitrogen and oxygen atoms in total. The molecule has 0 amide bonds. The van der Waals surface area contributed by atoms with E-state index in [0.717, 1.165) is 12.1 Å². The fourth-order valence-corrected chi connectivity index (χ4v) is 1.44. The summed E-state index contributed by atoms with van der Waals surface area (Å²) in [6, 6.07) is 4.95. The quantitative estimate of drug-likeness (QED) is 0.783.